The van der Waals surface area contributed by atoms with E-state index in [2.05, 4.69) is 15.9 Å². The Morgan fingerprint density at radius 3 is 2.35 bits per heavy atom. The highest BCUT2D eigenvalue weighted by Crippen LogP contribution is 2.34. The Morgan fingerprint density at radius 2 is 1.75 bits per heavy atom. The van der Waals surface area contributed by atoms with Gasteiger partial charge in [-0.1, -0.05) is 28.1 Å². The summed E-state index contributed by atoms with van der Waals surface area (Å²) < 4.78 is 23.8. The topological polar surface area (TPSA) is 18.5 Å². The number of halogens is 2. The number of hydrogen-bond donors (Lipinski definition) is 0. The van der Waals surface area contributed by atoms with E-state index in [0.717, 1.165) is 23.3 Å². The van der Waals surface area contributed by atoms with E-state index in [4.69, 9.17) is 9.47 Å². The van der Waals surface area contributed by atoms with Crippen molar-refractivity contribution in [2.75, 3.05) is 14.2 Å². The molecule has 2 rings (SSSR count). The maximum Gasteiger partial charge on any atom is 0.123 e. The fourth-order valence-electron chi connectivity index (χ4n) is 2.03. The van der Waals surface area contributed by atoms with Crippen molar-refractivity contribution in [1.29, 1.82) is 0 Å². The Morgan fingerprint density at radius 1 is 1.05 bits per heavy atom. The lowest BCUT2D eigenvalue weighted by atomic mass is 10.0. The first-order chi connectivity index (χ1) is 9.63. The summed E-state index contributed by atoms with van der Waals surface area (Å²) in [4.78, 5) is -0.0125. The van der Waals surface area contributed by atoms with Gasteiger partial charge in [0.25, 0.3) is 0 Å². The van der Waals surface area contributed by atoms with E-state index in [-0.39, 0.29) is 10.6 Å². The van der Waals surface area contributed by atoms with Crippen LogP contribution in [0.2, 0.25) is 0 Å². The van der Waals surface area contributed by atoms with E-state index < -0.39 is 0 Å². The average molecular weight is 339 g/mol. The molecule has 0 fully saturated rings. The molecule has 106 valence electrons. The fraction of sp³-hybridized carbons (Fsp3) is 0.250. The number of benzene rings is 2. The molecule has 0 aliphatic heterocycles. The third-order valence-electron chi connectivity index (χ3n) is 3.10. The summed E-state index contributed by atoms with van der Waals surface area (Å²) in [7, 11) is 3.23. The van der Waals surface area contributed by atoms with E-state index >= 15 is 0 Å². The second-order valence-electron chi connectivity index (χ2n) is 4.41. The number of rotatable bonds is 5. The van der Waals surface area contributed by atoms with Gasteiger partial charge in [0.2, 0.25) is 0 Å². The summed E-state index contributed by atoms with van der Waals surface area (Å²) in [5, 5.41) is 0. The zero-order chi connectivity index (χ0) is 14.5. The van der Waals surface area contributed by atoms with Gasteiger partial charge in [-0.3, -0.25) is 0 Å². The number of alkyl halides is 1. The van der Waals surface area contributed by atoms with Gasteiger partial charge in [0.1, 0.15) is 17.3 Å². The minimum absolute atomic E-state index is 0.0125. The lowest BCUT2D eigenvalue weighted by Crippen LogP contribution is -2.00. The predicted octanol–water partition coefficient (Wildman–Crippen LogP) is 4.52. The molecule has 0 radical (unpaired) electrons. The van der Waals surface area contributed by atoms with Crippen LogP contribution in [0.5, 0.6) is 11.5 Å². The van der Waals surface area contributed by atoms with E-state index in [1.807, 2.05) is 24.3 Å². The van der Waals surface area contributed by atoms with E-state index in [1.54, 1.807) is 20.3 Å². The molecule has 0 heterocycles. The van der Waals surface area contributed by atoms with E-state index in [1.165, 1.54) is 12.1 Å². The van der Waals surface area contributed by atoms with Crippen molar-refractivity contribution in [3.05, 3.63) is 59.4 Å². The summed E-state index contributed by atoms with van der Waals surface area (Å²) in [5.41, 5.74) is 1.95. The van der Waals surface area contributed by atoms with Crippen LogP contribution in [0.1, 0.15) is 16.0 Å². The summed E-state index contributed by atoms with van der Waals surface area (Å²) in [5.74, 6) is 1.24. The van der Waals surface area contributed by atoms with Crippen molar-refractivity contribution in [3.63, 3.8) is 0 Å². The van der Waals surface area contributed by atoms with Crippen LogP contribution in [-0.4, -0.2) is 14.2 Å². The lowest BCUT2D eigenvalue weighted by molar-refractivity contribution is 0.408. The molecule has 20 heavy (non-hydrogen) atoms. The smallest absolute Gasteiger partial charge is 0.123 e. The highest BCUT2D eigenvalue weighted by atomic mass is 79.9. The molecule has 0 aliphatic rings. The molecular weight excluding hydrogens is 323 g/mol. The molecule has 0 spiro atoms. The SMILES string of the molecule is COc1ccc(CC(Br)c2cc(F)ccc2OC)cc1. The molecule has 2 nitrogen and oxygen atoms in total. The molecule has 1 atom stereocenters. The number of hydrogen-bond acceptors (Lipinski definition) is 2. The minimum Gasteiger partial charge on any atom is -0.497 e. The molecule has 0 saturated heterocycles. The molecule has 0 N–H and O–H groups in total. The lowest BCUT2D eigenvalue weighted by Gasteiger charge is -2.14. The zero-order valence-corrected chi connectivity index (χ0v) is 13.0. The van der Waals surface area contributed by atoms with Gasteiger partial charge in [0, 0.05) is 10.4 Å². The molecule has 2 aromatic rings. The molecule has 0 saturated carbocycles. The molecule has 0 bridgehead atoms. The first-order valence-corrected chi connectivity index (χ1v) is 7.16. The van der Waals surface area contributed by atoms with Crippen LogP contribution in [-0.2, 0) is 6.42 Å². The second kappa shape index (κ2) is 6.75. The van der Waals surface area contributed by atoms with Crippen molar-refractivity contribution in [3.8, 4) is 11.5 Å². The van der Waals surface area contributed by atoms with Crippen molar-refractivity contribution >= 4 is 15.9 Å². The Bertz CT molecular complexity index is 569. The normalized spacial score (nSPS) is 12.0. The van der Waals surface area contributed by atoms with Gasteiger partial charge < -0.3 is 9.47 Å². The number of methoxy groups -OCH3 is 2. The van der Waals surface area contributed by atoms with Crippen LogP contribution in [0.4, 0.5) is 4.39 Å². The minimum atomic E-state index is -0.264. The van der Waals surface area contributed by atoms with E-state index in [9.17, 15) is 4.39 Å². The van der Waals surface area contributed by atoms with Crippen LogP contribution in [0.3, 0.4) is 0 Å². The molecule has 0 aliphatic carbocycles. The van der Waals surface area contributed by atoms with Crippen LogP contribution in [0, 0.1) is 5.82 Å². The standard InChI is InChI=1S/C16H16BrFO2/c1-19-13-6-3-11(4-7-13)9-15(17)14-10-12(18)5-8-16(14)20-2/h3-8,10,15H,9H2,1-2H3. The highest BCUT2D eigenvalue weighted by Gasteiger charge is 2.15. The Balaban J connectivity index is 2.18. The third-order valence-corrected chi connectivity index (χ3v) is 3.92. The Hall–Kier alpha value is -1.55. The average Bonchev–Trinajstić information content (AvgIpc) is 2.48. The quantitative estimate of drug-likeness (QED) is 0.746. The molecule has 1 unspecified atom stereocenters. The van der Waals surface area contributed by atoms with Crippen LogP contribution >= 0.6 is 15.9 Å². The van der Waals surface area contributed by atoms with Crippen molar-refractivity contribution in [1.82, 2.24) is 0 Å². The van der Waals surface area contributed by atoms with Crippen molar-refractivity contribution in [2.24, 2.45) is 0 Å². The monoisotopic (exact) mass is 338 g/mol. The maximum atomic E-state index is 13.4. The first-order valence-electron chi connectivity index (χ1n) is 6.24. The highest BCUT2D eigenvalue weighted by molar-refractivity contribution is 9.09. The van der Waals surface area contributed by atoms with Gasteiger partial charge in [-0.05, 0) is 42.3 Å². The molecule has 0 aromatic heterocycles. The Labute approximate surface area is 126 Å². The van der Waals surface area contributed by atoms with Gasteiger partial charge in [-0.15, -0.1) is 0 Å². The summed E-state index contributed by atoms with van der Waals surface area (Å²) in [6.07, 6.45) is 0.740. The molecule has 2 aromatic carbocycles. The van der Waals surface area contributed by atoms with Crippen molar-refractivity contribution < 1.29 is 13.9 Å². The zero-order valence-electron chi connectivity index (χ0n) is 11.4. The molecular formula is C16H16BrFO2. The Kier molecular flexibility index (Phi) is 5.01. The molecule has 4 heteroatoms. The van der Waals surface area contributed by atoms with Gasteiger partial charge in [-0.2, -0.15) is 0 Å². The summed E-state index contributed by atoms with van der Waals surface area (Å²) in [6, 6.07) is 12.4. The maximum absolute atomic E-state index is 13.4. The van der Waals surface area contributed by atoms with Gasteiger partial charge in [-0.25, -0.2) is 4.39 Å². The first kappa shape index (κ1) is 14.9. The van der Waals surface area contributed by atoms with Crippen LogP contribution in [0.25, 0.3) is 0 Å². The fourth-order valence-corrected chi connectivity index (χ4v) is 2.76. The van der Waals surface area contributed by atoms with Gasteiger partial charge in [0.15, 0.2) is 0 Å². The van der Waals surface area contributed by atoms with Gasteiger partial charge in [0.05, 0.1) is 14.2 Å². The summed E-state index contributed by atoms with van der Waals surface area (Å²) >= 11 is 3.61. The largest absolute Gasteiger partial charge is 0.497 e. The summed E-state index contributed by atoms with van der Waals surface area (Å²) in [6.45, 7) is 0. The second-order valence-corrected chi connectivity index (χ2v) is 5.51. The van der Waals surface area contributed by atoms with Crippen molar-refractivity contribution in [2.45, 2.75) is 11.2 Å². The van der Waals surface area contributed by atoms with Gasteiger partial charge >= 0.3 is 0 Å². The third kappa shape index (κ3) is 3.51. The van der Waals surface area contributed by atoms with Crippen LogP contribution in [0.15, 0.2) is 42.5 Å². The van der Waals surface area contributed by atoms with Crippen LogP contribution < -0.4 is 9.47 Å². The predicted molar refractivity (Wildman–Crippen MR) is 81.3 cm³/mol. The van der Waals surface area contributed by atoms with E-state index in [0.29, 0.717) is 5.75 Å². The number of ether oxygens (including phenoxy) is 2. The molecule has 0 amide bonds.